The Kier molecular flexibility index (Phi) is 4.53. The number of carbonyl (C=O) groups excluding carboxylic acids is 1. The van der Waals surface area contributed by atoms with Gasteiger partial charge < -0.3 is 10.3 Å². The maximum atomic E-state index is 12.2. The SMILES string of the molecule is O=C(CCc1cc2c(cn1)[nH]c1ccccc12)Nc1cccc(Cl)c1Cl. The number of fused-ring (bicyclic) bond motifs is 3. The molecule has 26 heavy (non-hydrogen) atoms. The van der Waals surface area contributed by atoms with Gasteiger partial charge in [0.1, 0.15) is 0 Å². The minimum absolute atomic E-state index is 0.130. The van der Waals surface area contributed by atoms with Crippen LogP contribution in [0, 0.1) is 0 Å². The minimum atomic E-state index is -0.130. The maximum Gasteiger partial charge on any atom is 0.224 e. The maximum absolute atomic E-state index is 12.2. The van der Waals surface area contributed by atoms with E-state index in [2.05, 4.69) is 21.4 Å². The lowest BCUT2D eigenvalue weighted by Crippen LogP contribution is -2.13. The normalized spacial score (nSPS) is 11.2. The molecular weight excluding hydrogens is 369 g/mol. The monoisotopic (exact) mass is 383 g/mol. The van der Waals surface area contributed by atoms with Crippen LogP contribution < -0.4 is 5.32 Å². The fourth-order valence-corrected chi connectivity index (χ4v) is 3.33. The number of nitrogens with one attached hydrogen (secondary N) is 2. The van der Waals surface area contributed by atoms with Gasteiger partial charge in [0.05, 0.1) is 27.4 Å². The van der Waals surface area contributed by atoms with E-state index in [4.69, 9.17) is 23.2 Å². The molecule has 0 aliphatic carbocycles. The highest BCUT2D eigenvalue weighted by atomic mass is 35.5. The Bertz CT molecular complexity index is 1120. The molecule has 1 amide bonds. The van der Waals surface area contributed by atoms with E-state index >= 15 is 0 Å². The molecule has 0 saturated heterocycles. The van der Waals surface area contributed by atoms with E-state index < -0.39 is 0 Å². The van der Waals surface area contributed by atoms with Gasteiger partial charge in [0.2, 0.25) is 5.91 Å². The number of rotatable bonds is 4. The summed E-state index contributed by atoms with van der Waals surface area (Å²) in [4.78, 5) is 20.0. The van der Waals surface area contributed by atoms with Crippen LogP contribution in [0.3, 0.4) is 0 Å². The lowest BCUT2D eigenvalue weighted by molar-refractivity contribution is -0.116. The van der Waals surface area contributed by atoms with Crippen LogP contribution in [0.5, 0.6) is 0 Å². The molecule has 0 aliphatic rings. The van der Waals surface area contributed by atoms with Crippen molar-refractivity contribution in [2.75, 3.05) is 5.32 Å². The van der Waals surface area contributed by atoms with Gasteiger partial charge in [-0.3, -0.25) is 9.78 Å². The van der Waals surface area contributed by atoms with Crippen molar-refractivity contribution in [3.8, 4) is 0 Å². The molecule has 0 atom stereocenters. The number of para-hydroxylation sites is 1. The molecule has 0 unspecified atom stereocenters. The number of amides is 1. The third kappa shape index (κ3) is 3.26. The Labute approximate surface area is 160 Å². The minimum Gasteiger partial charge on any atom is -0.353 e. The molecule has 2 heterocycles. The van der Waals surface area contributed by atoms with Gasteiger partial charge in [-0.15, -0.1) is 0 Å². The highest BCUT2D eigenvalue weighted by Crippen LogP contribution is 2.29. The van der Waals surface area contributed by atoms with Crippen LogP contribution in [-0.4, -0.2) is 15.9 Å². The highest BCUT2D eigenvalue weighted by Gasteiger charge is 2.10. The summed E-state index contributed by atoms with van der Waals surface area (Å²) in [5.41, 5.74) is 3.46. The molecular formula is C20H15Cl2N3O. The van der Waals surface area contributed by atoms with E-state index in [-0.39, 0.29) is 5.91 Å². The Morgan fingerprint density at radius 1 is 1.04 bits per heavy atom. The first kappa shape index (κ1) is 16.9. The van der Waals surface area contributed by atoms with Crippen LogP contribution in [0.4, 0.5) is 5.69 Å². The molecule has 0 spiro atoms. The average Bonchev–Trinajstić information content (AvgIpc) is 3.02. The number of aryl methyl sites for hydroxylation is 1. The van der Waals surface area contributed by atoms with Crippen LogP contribution in [-0.2, 0) is 11.2 Å². The molecule has 130 valence electrons. The van der Waals surface area contributed by atoms with Gasteiger partial charge in [-0.05, 0) is 30.7 Å². The molecule has 0 fully saturated rings. The third-order valence-corrected chi connectivity index (χ3v) is 5.10. The zero-order chi connectivity index (χ0) is 18.1. The predicted octanol–water partition coefficient (Wildman–Crippen LogP) is 5.59. The number of benzene rings is 2. The van der Waals surface area contributed by atoms with Crippen LogP contribution in [0.15, 0.2) is 54.7 Å². The molecule has 0 aliphatic heterocycles. The van der Waals surface area contributed by atoms with Crippen molar-refractivity contribution in [1.82, 2.24) is 9.97 Å². The van der Waals surface area contributed by atoms with Crippen molar-refractivity contribution in [2.45, 2.75) is 12.8 Å². The van der Waals surface area contributed by atoms with Crippen molar-refractivity contribution in [1.29, 1.82) is 0 Å². The Morgan fingerprint density at radius 2 is 1.88 bits per heavy atom. The summed E-state index contributed by atoms with van der Waals surface area (Å²) in [5, 5.41) is 5.82. The molecule has 4 aromatic rings. The van der Waals surface area contributed by atoms with Crippen molar-refractivity contribution < 1.29 is 4.79 Å². The fraction of sp³-hybridized carbons (Fsp3) is 0.100. The zero-order valence-electron chi connectivity index (χ0n) is 13.7. The van der Waals surface area contributed by atoms with Crippen LogP contribution >= 0.6 is 23.2 Å². The Morgan fingerprint density at radius 3 is 2.77 bits per heavy atom. The van der Waals surface area contributed by atoms with Crippen molar-refractivity contribution in [3.05, 3.63) is 70.5 Å². The quantitative estimate of drug-likeness (QED) is 0.482. The number of aromatic amines is 1. The number of hydrogen-bond donors (Lipinski definition) is 2. The van der Waals surface area contributed by atoms with Crippen LogP contribution in [0.2, 0.25) is 10.0 Å². The van der Waals surface area contributed by atoms with Crippen LogP contribution in [0.1, 0.15) is 12.1 Å². The largest absolute Gasteiger partial charge is 0.353 e. The fourth-order valence-electron chi connectivity index (χ4n) is 2.98. The predicted molar refractivity (Wildman–Crippen MR) is 107 cm³/mol. The summed E-state index contributed by atoms with van der Waals surface area (Å²) in [7, 11) is 0. The third-order valence-electron chi connectivity index (χ3n) is 4.28. The van der Waals surface area contributed by atoms with Crippen molar-refractivity contribution in [3.63, 3.8) is 0 Å². The number of aromatic nitrogens is 2. The topological polar surface area (TPSA) is 57.8 Å². The molecule has 2 aromatic heterocycles. The number of H-pyrrole nitrogens is 1. The Hall–Kier alpha value is -2.56. The van der Waals surface area contributed by atoms with E-state index in [0.29, 0.717) is 28.6 Å². The van der Waals surface area contributed by atoms with Crippen LogP contribution in [0.25, 0.3) is 21.8 Å². The van der Waals surface area contributed by atoms with Gasteiger partial charge in [-0.2, -0.15) is 0 Å². The number of hydrogen-bond acceptors (Lipinski definition) is 2. The van der Waals surface area contributed by atoms with E-state index in [1.807, 2.05) is 30.5 Å². The molecule has 0 saturated carbocycles. The number of nitrogens with zero attached hydrogens (tertiary/aromatic N) is 1. The van der Waals surface area contributed by atoms with E-state index in [0.717, 1.165) is 27.5 Å². The number of carbonyl (C=O) groups is 1. The smallest absolute Gasteiger partial charge is 0.224 e. The van der Waals surface area contributed by atoms with E-state index in [1.54, 1.807) is 18.2 Å². The summed E-state index contributed by atoms with van der Waals surface area (Å²) >= 11 is 12.1. The lowest BCUT2D eigenvalue weighted by atomic mass is 10.1. The molecule has 0 bridgehead atoms. The first-order valence-electron chi connectivity index (χ1n) is 8.21. The summed E-state index contributed by atoms with van der Waals surface area (Å²) in [6.45, 7) is 0. The first-order valence-corrected chi connectivity index (χ1v) is 8.96. The number of pyridine rings is 1. The van der Waals surface area contributed by atoms with Gasteiger partial charge in [0, 0.05) is 28.4 Å². The average molecular weight is 384 g/mol. The molecule has 6 heteroatoms. The summed E-state index contributed by atoms with van der Waals surface area (Å²) in [5.74, 6) is -0.130. The van der Waals surface area contributed by atoms with Crippen molar-refractivity contribution in [2.24, 2.45) is 0 Å². The molecule has 0 radical (unpaired) electrons. The molecule has 2 aromatic carbocycles. The second kappa shape index (κ2) is 6.98. The summed E-state index contributed by atoms with van der Waals surface area (Å²) in [6, 6.07) is 15.3. The number of halogens is 2. The number of anilines is 1. The zero-order valence-corrected chi connectivity index (χ0v) is 15.2. The van der Waals surface area contributed by atoms with E-state index in [1.165, 1.54) is 0 Å². The summed E-state index contributed by atoms with van der Waals surface area (Å²) < 4.78 is 0. The molecule has 2 N–H and O–H groups in total. The lowest BCUT2D eigenvalue weighted by Gasteiger charge is -2.08. The van der Waals surface area contributed by atoms with Gasteiger partial charge in [-0.25, -0.2) is 0 Å². The van der Waals surface area contributed by atoms with Gasteiger partial charge in [0.25, 0.3) is 0 Å². The van der Waals surface area contributed by atoms with E-state index in [9.17, 15) is 4.79 Å². The van der Waals surface area contributed by atoms with Gasteiger partial charge in [-0.1, -0.05) is 47.5 Å². The van der Waals surface area contributed by atoms with Gasteiger partial charge >= 0.3 is 0 Å². The highest BCUT2D eigenvalue weighted by molar-refractivity contribution is 6.44. The molecule has 4 rings (SSSR count). The molecule has 4 nitrogen and oxygen atoms in total. The second-order valence-corrected chi connectivity index (χ2v) is 6.83. The standard InChI is InChI=1S/C20H15Cl2N3O/c21-15-5-3-7-17(20(15)22)25-19(26)9-8-12-10-14-13-4-1-2-6-16(13)24-18(14)11-23-12/h1-7,10-11,24H,8-9H2,(H,25,26). The first-order chi connectivity index (χ1) is 12.6. The van der Waals surface area contributed by atoms with Gasteiger partial charge in [0.15, 0.2) is 0 Å². The second-order valence-electron chi connectivity index (χ2n) is 6.04. The van der Waals surface area contributed by atoms with Crippen molar-refractivity contribution >= 4 is 56.6 Å². The Balaban J connectivity index is 1.49. The summed E-state index contributed by atoms with van der Waals surface area (Å²) in [6.07, 6.45) is 2.67.